The molecule has 2 atom stereocenters. The molecule has 1 saturated heterocycles. The summed E-state index contributed by atoms with van der Waals surface area (Å²) in [6.45, 7) is 9.26. The molecule has 0 amide bonds. The van der Waals surface area contributed by atoms with Crippen molar-refractivity contribution >= 4 is 0 Å². The second-order valence-electron chi connectivity index (χ2n) is 5.76. The summed E-state index contributed by atoms with van der Waals surface area (Å²) < 4.78 is 5.53. The molecular formula is C16H25NO2. The minimum Gasteiger partial charge on any atom is -0.507 e. The van der Waals surface area contributed by atoms with Gasteiger partial charge in [0.1, 0.15) is 11.5 Å². The lowest BCUT2D eigenvalue weighted by molar-refractivity contribution is 0.252. The first kappa shape index (κ1) is 14.2. The van der Waals surface area contributed by atoms with E-state index in [1.54, 1.807) is 6.07 Å². The standard InChI is InChI=1S/C16H25NO2/c1-4-7-19-15-6-5-14(16(18)9-15)11-17-10-12(2)8-13(17)3/h5-6,9,12-13,18H,4,7-8,10-11H2,1-3H3. The number of nitrogens with zero attached hydrogens (tertiary/aromatic N) is 1. The Bertz CT molecular complexity index is 419. The zero-order valence-electron chi connectivity index (χ0n) is 12.2. The summed E-state index contributed by atoms with van der Waals surface area (Å²) in [5.41, 5.74) is 0.991. The second kappa shape index (κ2) is 6.29. The number of benzene rings is 1. The van der Waals surface area contributed by atoms with Crippen LogP contribution in [0.25, 0.3) is 0 Å². The highest BCUT2D eigenvalue weighted by molar-refractivity contribution is 5.39. The number of phenolic OH excluding ortho intramolecular Hbond substituents is 1. The highest BCUT2D eigenvalue weighted by Crippen LogP contribution is 2.29. The van der Waals surface area contributed by atoms with Crippen LogP contribution in [0.15, 0.2) is 18.2 Å². The molecule has 1 aliphatic heterocycles. The third-order valence-electron chi connectivity index (χ3n) is 3.82. The Morgan fingerprint density at radius 2 is 2.16 bits per heavy atom. The quantitative estimate of drug-likeness (QED) is 0.883. The third kappa shape index (κ3) is 3.63. The summed E-state index contributed by atoms with van der Waals surface area (Å²) in [6.07, 6.45) is 2.23. The van der Waals surface area contributed by atoms with Crippen LogP contribution in [0.4, 0.5) is 0 Å². The van der Waals surface area contributed by atoms with Gasteiger partial charge in [0.15, 0.2) is 0 Å². The molecule has 0 aromatic heterocycles. The minimum absolute atomic E-state index is 0.348. The number of aromatic hydroxyl groups is 1. The second-order valence-corrected chi connectivity index (χ2v) is 5.76. The lowest BCUT2D eigenvalue weighted by Gasteiger charge is -2.21. The van der Waals surface area contributed by atoms with Crippen LogP contribution in [0.2, 0.25) is 0 Å². The summed E-state index contributed by atoms with van der Waals surface area (Å²) in [5.74, 6) is 1.86. The number of hydrogen-bond donors (Lipinski definition) is 1. The fraction of sp³-hybridized carbons (Fsp3) is 0.625. The summed E-state index contributed by atoms with van der Waals surface area (Å²) in [4.78, 5) is 2.44. The van der Waals surface area contributed by atoms with E-state index in [-0.39, 0.29) is 0 Å². The molecule has 0 spiro atoms. The normalized spacial score (nSPS) is 23.7. The fourth-order valence-electron chi connectivity index (χ4n) is 2.81. The van der Waals surface area contributed by atoms with Gasteiger partial charge in [-0.1, -0.05) is 19.9 Å². The van der Waals surface area contributed by atoms with Crippen molar-refractivity contribution in [3.8, 4) is 11.5 Å². The summed E-state index contributed by atoms with van der Waals surface area (Å²) in [6, 6.07) is 6.27. The molecule has 19 heavy (non-hydrogen) atoms. The molecule has 106 valence electrons. The highest BCUT2D eigenvalue weighted by Gasteiger charge is 2.26. The molecule has 0 aliphatic carbocycles. The average Bonchev–Trinajstić information content (AvgIpc) is 2.68. The molecule has 0 radical (unpaired) electrons. The van der Waals surface area contributed by atoms with Gasteiger partial charge in [0.2, 0.25) is 0 Å². The maximum atomic E-state index is 10.1. The SMILES string of the molecule is CCCOc1ccc(CN2CC(C)CC2C)c(O)c1. The Morgan fingerprint density at radius 1 is 1.37 bits per heavy atom. The van der Waals surface area contributed by atoms with Crippen LogP contribution in [0.5, 0.6) is 11.5 Å². The first-order valence-electron chi connectivity index (χ1n) is 7.29. The molecule has 1 aromatic carbocycles. The van der Waals surface area contributed by atoms with Gasteiger partial charge in [-0.05, 0) is 31.7 Å². The highest BCUT2D eigenvalue weighted by atomic mass is 16.5. The summed E-state index contributed by atoms with van der Waals surface area (Å²) in [7, 11) is 0. The molecule has 1 aliphatic rings. The van der Waals surface area contributed by atoms with Crippen molar-refractivity contribution in [2.45, 2.75) is 46.2 Å². The Morgan fingerprint density at radius 3 is 2.74 bits per heavy atom. The average molecular weight is 263 g/mol. The Hall–Kier alpha value is -1.22. The van der Waals surface area contributed by atoms with E-state index in [4.69, 9.17) is 4.74 Å². The smallest absolute Gasteiger partial charge is 0.123 e. The first-order valence-corrected chi connectivity index (χ1v) is 7.29. The van der Waals surface area contributed by atoms with Crippen LogP contribution in [0.1, 0.15) is 39.2 Å². The molecule has 0 saturated carbocycles. The van der Waals surface area contributed by atoms with Gasteiger partial charge >= 0.3 is 0 Å². The number of ether oxygens (including phenoxy) is 1. The lowest BCUT2D eigenvalue weighted by atomic mass is 10.1. The van der Waals surface area contributed by atoms with Gasteiger partial charge in [-0.3, -0.25) is 4.90 Å². The maximum absolute atomic E-state index is 10.1. The lowest BCUT2D eigenvalue weighted by Crippen LogP contribution is -2.26. The zero-order valence-corrected chi connectivity index (χ0v) is 12.2. The first-order chi connectivity index (χ1) is 9.10. The molecule has 1 heterocycles. The van der Waals surface area contributed by atoms with Crippen LogP contribution in [-0.2, 0) is 6.54 Å². The topological polar surface area (TPSA) is 32.7 Å². The largest absolute Gasteiger partial charge is 0.507 e. The molecule has 1 aromatic rings. The van der Waals surface area contributed by atoms with Crippen molar-refractivity contribution in [3.05, 3.63) is 23.8 Å². The number of rotatable bonds is 5. The molecule has 1 N–H and O–H groups in total. The van der Waals surface area contributed by atoms with Gasteiger partial charge in [-0.25, -0.2) is 0 Å². The number of likely N-dealkylation sites (tertiary alicyclic amines) is 1. The zero-order chi connectivity index (χ0) is 13.8. The van der Waals surface area contributed by atoms with E-state index >= 15 is 0 Å². The van der Waals surface area contributed by atoms with Crippen LogP contribution in [0.3, 0.4) is 0 Å². The summed E-state index contributed by atoms with van der Waals surface area (Å²) in [5, 5.41) is 10.1. The van der Waals surface area contributed by atoms with E-state index in [0.717, 1.165) is 36.7 Å². The Balaban J connectivity index is 2.01. The predicted octanol–water partition coefficient (Wildman–Crippen LogP) is 3.41. The Kier molecular flexibility index (Phi) is 4.70. The van der Waals surface area contributed by atoms with Crippen molar-refractivity contribution in [2.24, 2.45) is 5.92 Å². The number of hydrogen-bond acceptors (Lipinski definition) is 3. The van der Waals surface area contributed by atoms with Crippen molar-refractivity contribution in [1.82, 2.24) is 4.90 Å². The predicted molar refractivity (Wildman–Crippen MR) is 77.5 cm³/mol. The van der Waals surface area contributed by atoms with Gasteiger partial charge in [-0.2, -0.15) is 0 Å². The van der Waals surface area contributed by atoms with Crippen LogP contribution in [0, 0.1) is 5.92 Å². The van der Waals surface area contributed by atoms with E-state index < -0.39 is 0 Å². The molecule has 2 unspecified atom stereocenters. The van der Waals surface area contributed by atoms with Crippen LogP contribution in [-0.4, -0.2) is 29.2 Å². The number of phenols is 1. The van der Waals surface area contributed by atoms with E-state index in [0.29, 0.717) is 18.4 Å². The van der Waals surface area contributed by atoms with Crippen LogP contribution >= 0.6 is 0 Å². The monoisotopic (exact) mass is 263 g/mol. The fourth-order valence-corrected chi connectivity index (χ4v) is 2.81. The van der Waals surface area contributed by atoms with Gasteiger partial charge in [0.25, 0.3) is 0 Å². The molecule has 2 rings (SSSR count). The Labute approximate surface area is 116 Å². The maximum Gasteiger partial charge on any atom is 0.123 e. The van der Waals surface area contributed by atoms with E-state index in [9.17, 15) is 5.11 Å². The van der Waals surface area contributed by atoms with Crippen molar-refractivity contribution in [3.63, 3.8) is 0 Å². The van der Waals surface area contributed by atoms with Crippen molar-refractivity contribution in [2.75, 3.05) is 13.2 Å². The van der Waals surface area contributed by atoms with Gasteiger partial charge in [0.05, 0.1) is 6.61 Å². The van der Waals surface area contributed by atoms with Crippen molar-refractivity contribution in [1.29, 1.82) is 0 Å². The molecule has 0 bridgehead atoms. The van der Waals surface area contributed by atoms with E-state index in [2.05, 4.69) is 25.7 Å². The minimum atomic E-state index is 0.348. The van der Waals surface area contributed by atoms with Gasteiger partial charge in [-0.15, -0.1) is 0 Å². The van der Waals surface area contributed by atoms with Crippen LogP contribution < -0.4 is 4.74 Å². The molecule has 3 heteroatoms. The third-order valence-corrected chi connectivity index (χ3v) is 3.82. The molecule has 3 nitrogen and oxygen atoms in total. The van der Waals surface area contributed by atoms with E-state index in [1.807, 2.05) is 12.1 Å². The van der Waals surface area contributed by atoms with Gasteiger partial charge < -0.3 is 9.84 Å². The van der Waals surface area contributed by atoms with E-state index in [1.165, 1.54) is 6.42 Å². The van der Waals surface area contributed by atoms with Gasteiger partial charge in [0, 0.05) is 30.8 Å². The van der Waals surface area contributed by atoms with Crippen molar-refractivity contribution < 1.29 is 9.84 Å². The molecular weight excluding hydrogens is 238 g/mol. The molecule has 1 fully saturated rings. The summed E-state index contributed by atoms with van der Waals surface area (Å²) >= 11 is 0.